The Labute approximate surface area is 101 Å². The molecule has 0 radical (unpaired) electrons. The lowest BCUT2D eigenvalue weighted by Crippen LogP contribution is -2.44. The molecule has 16 heavy (non-hydrogen) atoms. The molecule has 1 aromatic heterocycles. The molecular weight excluding hydrogens is 222 g/mol. The molecule has 0 saturated carbocycles. The molecule has 1 saturated heterocycles. The molecule has 1 N–H and O–H groups in total. The Balaban J connectivity index is 2.01. The first kappa shape index (κ1) is 12.0. The van der Waals surface area contributed by atoms with Crippen LogP contribution in [0.25, 0.3) is 0 Å². The second kappa shape index (κ2) is 5.27. The Kier molecular flexibility index (Phi) is 3.97. The van der Waals surface area contributed by atoms with Gasteiger partial charge in [0.15, 0.2) is 0 Å². The average Bonchev–Trinajstić information content (AvgIpc) is 2.75. The van der Waals surface area contributed by atoms with Crippen molar-refractivity contribution in [2.24, 2.45) is 0 Å². The zero-order chi connectivity index (χ0) is 11.5. The maximum Gasteiger partial charge on any atom is 0.107 e. The van der Waals surface area contributed by atoms with E-state index in [1.54, 1.807) is 11.3 Å². The average molecular weight is 241 g/mol. The molecule has 1 aromatic rings. The van der Waals surface area contributed by atoms with Crippen LogP contribution in [-0.2, 0) is 4.74 Å². The van der Waals surface area contributed by atoms with Crippen LogP contribution in [0.15, 0.2) is 11.4 Å². The number of thiophene rings is 1. The van der Waals surface area contributed by atoms with Crippen molar-refractivity contribution in [3.63, 3.8) is 0 Å². The largest absolute Gasteiger partial charge is 0.386 e. The van der Waals surface area contributed by atoms with E-state index in [1.165, 1.54) is 4.88 Å². The van der Waals surface area contributed by atoms with Gasteiger partial charge in [0, 0.05) is 18.0 Å². The van der Waals surface area contributed by atoms with Crippen molar-refractivity contribution in [2.45, 2.75) is 26.1 Å². The van der Waals surface area contributed by atoms with Crippen LogP contribution < -0.4 is 0 Å². The number of hydrogen-bond donors (Lipinski definition) is 1. The van der Waals surface area contributed by atoms with Crippen LogP contribution in [-0.4, -0.2) is 42.4 Å². The van der Waals surface area contributed by atoms with Gasteiger partial charge in [-0.25, -0.2) is 0 Å². The van der Waals surface area contributed by atoms with Gasteiger partial charge in [0.05, 0.1) is 6.61 Å². The Morgan fingerprint density at radius 1 is 1.69 bits per heavy atom. The predicted octanol–water partition coefficient (Wildman–Crippen LogP) is 1.81. The molecule has 2 unspecified atom stereocenters. The standard InChI is InChI=1S/C12H19NO2S/c1-3-13-4-5-15-11(7-13)12(14)10-6-9(2)16-8-10/h6,8,11-12,14H,3-5,7H2,1-2H3. The van der Waals surface area contributed by atoms with E-state index in [2.05, 4.69) is 18.7 Å². The van der Waals surface area contributed by atoms with Crippen molar-refractivity contribution < 1.29 is 9.84 Å². The van der Waals surface area contributed by atoms with Crippen LogP contribution in [0.2, 0.25) is 0 Å². The third-order valence-electron chi connectivity index (χ3n) is 3.07. The maximum atomic E-state index is 10.2. The normalized spacial score (nSPS) is 24.6. The number of aliphatic hydroxyl groups is 1. The molecule has 0 aromatic carbocycles. The van der Waals surface area contributed by atoms with Gasteiger partial charge >= 0.3 is 0 Å². The highest BCUT2D eigenvalue weighted by molar-refractivity contribution is 7.10. The highest BCUT2D eigenvalue weighted by Gasteiger charge is 2.27. The van der Waals surface area contributed by atoms with Crippen molar-refractivity contribution >= 4 is 11.3 Å². The van der Waals surface area contributed by atoms with E-state index in [1.807, 2.05) is 11.4 Å². The van der Waals surface area contributed by atoms with Crippen LogP contribution in [0.3, 0.4) is 0 Å². The van der Waals surface area contributed by atoms with Gasteiger partial charge < -0.3 is 9.84 Å². The van der Waals surface area contributed by atoms with Gasteiger partial charge in [-0.1, -0.05) is 6.92 Å². The van der Waals surface area contributed by atoms with Gasteiger partial charge in [0.2, 0.25) is 0 Å². The third kappa shape index (κ3) is 2.63. The first-order valence-corrected chi connectivity index (χ1v) is 6.65. The van der Waals surface area contributed by atoms with Gasteiger partial charge in [-0.15, -0.1) is 11.3 Å². The quantitative estimate of drug-likeness (QED) is 0.876. The molecule has 1 aliphatic rings. The minimum Gasteiger partial charge on any atom is -0.386 e. The molecule has 1 aliphatic heterocycles. The van der Waals surface area contributed by atoms with Crippen LogP contribution >= 0.6 is 11.3 Å². The van der Waals surface area contributed by atoms with Crippen LogP contribution in [0, 0.1) is 6.92 Å². The smallest absolute Gasteiger partial charge is 0.107 e. The van der Waals surface area contributed by atoms with E-state index in [0.29, 0.717) is 0 Å². The topological polar surface area (TPSA) is 32.7 Å². The Morgan fingerprint density at radius 3 is 3.12 bits per heavy atom. The number of rotatable bonds is 3. The fraction of sp³-hybridized carbons (Fsp3) is 0.667. The minimum absolute atomic E-state index is 0.0808. The fourth-order valence-electron chi connectivity index (χ4n) is 2.04. The molecule has 1 fully saturated rings. The monoisotopic (exact) mass is 241 g/mol. The summed E-state index contributed by atoms with van der Waals surface area (Å²) in [4.78, 5) is 3.55. The second-order valence-corrected chi connectivity index (χ2v) is 5.35. The Hall–Kier alpha value is -0.420. The number of aliphatic hydroxyl groups excluding tert-OH is 1. The number of aryl methyl sites for hydroxylation is 1. The maximum absolute atomic E-state index is 10.2. The minimum atomic E-state index is -0.487. The molecule has 0 bridgehead atoms. The highest BCUT2D eigenvalue weighted by Crippen LogP contribution is 2.26. The molecule has 2 atom stereocenters. The van der Waals surface area contributed by atoms with Gasteiger partial charge in [0.25, 0.3) is 0 Å². The summed E-state index contributed by atoms with van der Waals surface area (Å²) in [5.74, 6) is 0. The van der Waals surface area contributed by atoms with Gasteiger partial charge in [-0.3, -0.25) is 4.90 Å². The lowest BCUT2D eigenvalue weighted by molar-refractivity contribution is -0.0887. The molecule has 0 aliphatic carbocycles. The molecule has 90 valence electrons. The van der Waals surface area contributed by atoms with Gasteiger partial charge in [0.1, 0.15) is 12.2 Å². The van der Waals surface area contributed by atoms with E-state index in [9.17, 15) is 5.11 Å². The van der Waals surface area contributed by atoms with Crippen molar-refractivity contribution in [2.75, 3.05) is 26.2 Å². The van der Waals surface area contributed by atoms with Gasteiger partial charge in [-0.05, 0) is 30.5 Å². The van der Waals surface area contributed by atoms with Crippen LogP contribution in [0.1, 0.15) is 23.5 Å². The van der Waals surface area contributed by atoms with E-state index in [4.69, 9.17) is 4.74 Å². The molecule has 2 heterocycles. The zero-order valence-corrected chi connectivity index (χ0v) is 10.7. The number of nitrogens with zero attached hydrogens (tertiary/aromatic N) is 1. The molecule has 0 spiro atoms. The van der Waals surface area contributed by atoms with E-state index in [-0.39, 0.29) is 6.10 Å². The summed E-state index contributed by atoms with van der Waals surface area (Å²) in [6, 6.07) is 2.05. The van der Waals surface area contributed by atoms with E-state index >= 15 is 0 Å². The molecule has 4 heteroatoms. The van der Waals surface area contributed by atoms with Gasteiger partial charge in [-0.2, -0.15) is 0 Å². The summed E-state index contributed by atoms with van der Waals surface area (Å²) in [7, 11) is 0. The second-order valence-electron chi connectivity index (χ2n) is 4.24. The number of morpholine rings is 1. The van der Waals surface area contributed by atoms with Crippen molar-refractivity contribution in [3.8, 4) is 0 Å². The lowest BCUT2D eigenvalue weighted by Gasteiger charge is -2.34. The number of likely N-dealkylation sites (N-methyl/N-ethyl adjacent to an activating group) is 1. The summed E-state index contributed by atoms with van der Waals surface area (Å²) in [5.41, 5.74) is 0.991. The van der Waals surface area contributed by atoms with Crippen molar-refractivity contribution in [1.29, 1.82) is 0 Å². The van der Waals surface area contributed by atoms with Crippen LogP contribution in [0.5, 0.6) is 0 Å². The molecule has 0 amide bonds. The predicted molar refractivity (Wildman–Crippen MR) is 65.9 cm³/mol. The first-order chi connectivity index (χ1) is 7.70. The zero-order valence-electron chi connectivity index (χ0n) is 9.85. The highest BCUT2D eigenvalue weighted by atomic mass is 32.1. The number of hydrogen-bond acceptors (Lipinski definition) is 4. The third-order valence-corrected chi connectivity index (χ3v) is 3.95. The van der Waals surface area contributed by atoms with Crippen LogP contribution in [0.4, 0.5) is 0 Å². The lowest BCUT2D eigenvalue weighted by atomic mass is 10.1. The Bertz CT molecular complexity index is 340. The summed E-state index contributed by atoms with van der Waals surface area (Å²) in [6.45, 7) is 7.74. The van der Waals surface area contributed by atoms with Crippen molar-refractivity contribution in [1.82, 2.24) is 4.90 Å². The van der Waals surface area contributed by atoms with Crippen molar-refractivity contribution in [3.05, 3.63) is 21.9 Å². The summed E-state index contributed by atoms with van der Waals surface area (Å²) < 4.78 is 5.65. The molecule has 3 nitrogen and oxygen atoms in total. The fourth-order valence-corrected chi connectivity index (χ4v) is 2.78. The molecule has 2 rings (SSSR count). The van der Waals surface area contributed by atoms with E-state index < -0.39 is 6.10 Å². The van der Waals surface area contributed by atoms with E-state index in [0.717, 1.165) is 31.8 Å². The SMILES string of the molecule is CCN1CCOC(C(O)c2csc(C)c2)C1. The number of ether oxygens (including phenoxy) is 1. The Morgan fingerprint density at radius 2 is 2.50 bits per heavy atom. The first-order valence-electron chi connectivity index (χ1n) is 5.77. The summed E-state index contributed by atoms with van der Waals surface area (Å²) in [6.07, 6.45) is -0.568. The summed E-state index contributed by atoms with van der Waals surface area (Å²) >= 11 is 1.67. The molecular formula is C12H19NO2S. The summed E-state index contributed by atoms with van der Waals surface area (Å²) in [5, 5.41) is 12.2.